The van der Waals surface area contributed by atoms with Crippen molar-refractivity contribution in [2.45, 2.75) is 24.2 Å². The third-order valence-electron chi connectivity index (χ3n) is 4.79. The second-order valence-electron chi connectivity index (χ2n) is 6.97. The second kappa shape index (κ2) is 9.69. The third kappa shape index (κ3) is 5.08. The molecule has 0 N–H and O–H groups in total. The van der Waals surface area contributed by atoms with Gasteiger partial charge in [0.1, 0.15) is 17.3 Å². The van der Waals surface area contributed by atoms with Gasteiger partial charge in [-0.15, -0.1) is 4.36 Å². The topological polar surface area (TPSA) is 108 Å². The minimum atomic E-state index is -2.96. The fourth-order valence-corrected chi connectivity index (χ4v) is 4.67. The summed E-state index contributed by atoms with van der Waals surface area (Å²) in [7, 11) is -1.34. The van der Waals surface area contributed by atoms with E-state index in [0.717, 1.165) is 23.8 Å². The molecule has 1 aliphatic rings. The molecular formula is C22H21FN4O3S. The highest BCUT2D eigenvalue weighted by Gasteiger charge is 2.28. The zero-order valence-corrected chi connectivity index (χ0v) is 18.0. The van der Waals surface area contributed by atoms with E-state index in [2.05, 4.69) is 9.36 Å². The first-order valence-electron chi connectivity index (χ1n) is 9.57. The standard InChI is InChI=1S/C22H21FN4O3S/c1-29-9-3-8-26-19-5-4-18-20(30-17-11-15(13-24)10-16(23)12-17)6-7-21(22(18)19)31(2,28)27-14-25/h6-7,10-12H,3-5,8-9H2,1-2H3/b26-19-. The Labute approximate surface area is 180 Å². The Morgan fingerprint density at radius 2 is 2.03 bits per heavy atom. The fraction of sp³-hybridized carbons (Fsp3) is 0.318. The molecule has 0 spiro atoms. The van der Waals surface area contributed by atoms with E-state index in [1.54, 1.807) is 25.4 Å². The van der Waals surface area contributed by atoms with Crippen molar-refractivity contribution < 1.29 is 18.1 Å². The summed E-state index contributed by atoms with van der Waals surface area (Å²) < 4.78 is 41.5. The molecule has 31 heavy (non-hydrogen) atoms. The highest BCUT2D eigenvalue weighted by atomic mass is 32.2. The average molecular weight is 441 g/mol. The van der Waals surface area contributed by atoms with Crippen molar-refractivity contribution in [3.63, 3.8) is 0 Å². The Hall–Kier alpha value is -3.27. The Kier molecular flexibility index (Phi) is 7.01. The molecule has 0 aliphatic heterocycles. The zero-order chi connectivity index (χ0) is 22.4. The van der Waals surface area contributed by atoms with E-state index in [1.165, 1.54) is 18.4 Å². The largest absolute Gasteiger partial charge is 0.457 e. The molecule has 2 aromatic rings. The van der Waals surface area contributed by atoms with E-state index in [1.807, 2.05) is 6.07 Å². The van der Waals surface area contributed by atoms with Crippen LogP contribution in [0.2, 0.25) is 0 Å². The molecule has 1 atom stereocenters. The lowest BCUT2D eigenvalue weighted by molar-refractivity contribution is 0.197. The van der Waals surface area contributed by atoms with E-state index < -0.39 is 15.5 Å². The molecule has 0 fully saturated rings. The van der Waals surface area contributed by atoms with Gasteiger partial charge in [-0.1, -0.05) is 0 Å². The van der Waals surface area contributed by atoms with Gasteiger partial charge in [0.2, 0.25) is 6.19 Å². The van der Waals surface area contributed by atoms with Gasteiger partial charge < -0.3 is 9.47 Å². The summed E-state index contributed by atoms with van der Waals surface area (Å²) in [6, 6.07) is 8.92. The molecule has 0 amide bonds. The predicted octanol–water partition coefficient (Wildman–Crippen LogP) is 4.20. The van der Waals surface area contributed by atoms with Gasteiger partial charge in [-0.2, -0.15) is 10.5 Å². The van der Waals surface area contributed by atoms with Crippen LogP contribution in [0.15, 0.2) is 44.6 Å². The number of methoxy groups -OCH3 is 1. The predicted molar refractivity (Wildman–Crippen MR) is 114 cm³/mol. The van der Waals surface area contributed by atoms with E-state index in [4.69, 9.17) is 20.0 Å². The summed E-state index contributed by atoms with van der Waals surface area (Å²) >= 11 is 0. The van der Waals surface area contributed by atoms with Crippen molar-refractivity contribution in [3.8, 4) is 23.8 Å². The van der Waals surface area contributed by atoms with Crippen molar-refractivity contribution in [3.05, 3.63) is 52.8 Å². The molecule has 7 nitrogen and oxygen atoms in total. The van der Waals surface area contributed by atoms with Crippen LogP contribution in [0.5, 0.6) is 11.5 Å². The lowest BCUT2D eigenvalue weighted by atomic mass is 10.1. The maximum atomic E-state index is 13.8. The number of benzene rings is 2. The summed E-state index contributed by atoms with van der Waals surface area (Å²) in [4.78, 5) is 5.08. The molecule has 0 heterocycles. The summed E-state index contributed by atoms with van der Waals surface area (Å²) in [6.07, 6.45) is 5.00. The summed E-state index contributed by atoms with van der Waals surface area (Å²) in [5.74, 6) is 0.0746. The average Bonchev–Trinajstić information content (AvgIpc) is 3.15. The van der Waals surface area contributed by atoms with Crippen LogP contribution in [0.1, 0.15) is 29.5 Å². The van der Waals surface area contributed by atoms with Gasteiger partial charge in [-0.3, -0.25) is 4.99 Å². The number of aliphatic imine (C=N–C) groups is 1. The molecule has 1 aliphatic carbocycles. The van der Waals surface area contributed by atoms with E-state index in [0.29, 0.717) is 42.2 Å². The number of nitriles is 2. The quantitative estimate of drug-likeness (QED) is 0.474. The van der Waals surface area contributed by atoms with Crippen LogP contribution < -0.4 is 4.74 Å². The Morgan fingerprint density at radius 1 is 1.23 bits per heavy atom. The van der Waals surface area contributed by atoms with Gasteiger partial charge >= 0.3 is 0 Å². The van der Waals surface area contributed by atoms with Gasteiger partial charge in [0.15, 0.2) is 0 Å². The van der Waals surface area contributed by atoms with Crippen molar-refractivity contribution in [1.82, 2.24) is 0 Å². The van der Waals surface area contributed by atoms with E-state index in [9.17, 15) is 8.60 Å². The van der Waals surface area contributed by atoms with Gasteiger partial charge in [-0.25, -0.2) is 8.60 Å². The minimum Gasteiger partial charge on any atom is -0.457 e. The molecule has 0 saturated carbocycles. The summed E-state index contributed by atoms with van der Waals surface area (Å²) in [6.45, 7) is 1.12. The monoisotopic (exact) mass is 440 g/mol. The van der Waals surface area contributed by atoms with Crippen LogP contribution in [-0.4, -0.2) is 36.4 Å². The highest BCUT2D eigenvalue weighted by Crippen LogP contribution is 2.38. The first-order valence-corrected chi connectivity index (χ1v) is 11.5. The normalized spacial score (nSPS) is 15.6. The fourth-order valence-electron chi connectivity index (χ4n) is 3.47. The summed E-state index contributed by atoms with van der Waals surface area (Å²) in [5.41, 5.74) is 2.35. The summed E-state index contributed by atoms with van der Waals surface area (Å²) in [5, 5.41) is 18.1. The Balaban J connectivity index is 2.09. The van der Waals surface area contributed by atoms with Crippen molar-refractivity contribution in [2.75, 3.05) is 26.5 Å². The number of nitrogens with zero attached hydrogens (tertiary/aromatic N) is 4. The molecule has 0 saturated heterocycles. The number of hydrogen-bond donors (Lipinski definition) is 0. The molecule has 3 rings (SSSR count). The van der Waals surface area contributed by atoms with Crippen LogP contribution in [-0.2, 0) is 20.9 Å². The molecular weight excluding hydrogens is 419 g/mol. The number of hydrogen-bond acceptors (Lipinski definition) is 7. The van der Waals surface area contributed by atoms with Gasteiger partial charge in [0.25, 0.3) is 0 Å². The van der Waals surface area contributed by atoms with Crippen molar-refractivity contribution in [1.29, 1.82) is 10.5 Å². The lowest BCUT2D eigenvalue weighted by Gasteiger charge is -2.15. The van der Waals surface area contributed by atoms with Crippen LogP contribution in [0, 0.1) is 28.6 Å². The first kappa shape index (κ1) is 22.4. The van der Waals surface area contributed by atoms with E-state index >= 15 is 0 Å². The third-order valence-corrected chi connectivity index (χ3v) is 6.38. The SMILES string of the molecule is COCCC/N=C1/CCc2c(Oc3cc(F)cc(C#N)c3)ccc(S(C)(=O)=NC#N)c21. The van der Waals surface area contributed by atoms with Gasteiger partial charge in [-0.05, 0) is 43.5 Å². The number of ether oxygens (including phenoxy) is 2. The van der Waals surface area contributed by atoms with Crippen LogP contribution >= 0.6 is 0 Å². The molecule has 160 valence electrons. The first-order chi connectivity index (χ1) is 14.9. The maximum Gasteiger partial charge on any atom is 0.214 e. The molecule has 2 aromatic carbocycles. The second-order valence-corrected chi connectivity index (χ2v) is 9.20. The molecule has 9 heteroatoms. The smallest absolute Gasteiger partial charge is 0.214 e. The lowest BCUT2D eigenvalue weighted by Crippen LogP contribution is -2.08. The molecule has 0 radical (unpaired) electrons. The molecule has 1 unspecified atom stereocenters. The van der Waals surface area contributed by atoms with Crippen LogP contribution in [0.4, 0.5) is 4.39 Å². The minimum absolute atomic E-state index is 0.146. The molecule has 0 bridgehead atoms. The highest BCUT2D eigenvalue weighted by molar-refractivity contribution is 7.93. The van der Waals surface area contributed by atoms with Crippen LogP contribution in [0.3, 0.4) is 0 Å². The number of halogens is 1. The van der Waals surface area contributed by atoms with Gasteiger partial charge in [0, 0.05) is 49.4 Å². The number of rotatable bonds is 7. The number of fused-ring (bicyclic) bond motifs is 1. The zero-order valence-electron chi connectivity index (χ0n) is 17.2. The Morgan fingerprint density at radius 3 is 2.74 bits per heavy atom. The van der Waals surface area contributed by atoms with E-state index in [-0.39, 0.29) is 11.3 Å². The van der Waals surface area contributed by atoms with Crippen molar-refractivity contribution in [2.24, 2.45) is 9.36 Å². The molecule has 0 aromatic heterocycles. The van der Waals surface area contributed by atoms with Gasteiger partial charge in [0.05, 0.1) is 26.3 Å². The van der Waals surface area contributed by atoms with Crippen LogP contribution in [0.25, 0.3) is 0 Å². The van der Waals surface area contributed by atoms with Crippen molar-refractivity contribution >= 4 is 15.4 Å². The maximum absolute atomic E-state index is 13.8. The Bertz CT molecular complexity index is 1230.